The van der Waals surface area contributed by atoms with Gasteiger partial charge in [-0.05, 0) is 25.0 Å². The molecule has 5 heteroatoms. The molecule has 0 amide bonds. The van der Waals surface area contributed by atoms with E-state index in [-0.39, 0.29) is 0 Å². The highest BCUT2D eigenvalue weighted by Gasteiger charge is 2.18. The van der Waals surface area contributed by atoms with Crippen LogP contribution in [0.4, 0.5) is 11.6 Å². The molecule has 8 aromatic rings. The molecule has 4 aromatic heterocycles. The van der Waals surface area contributed by atoms with Crippen molar-refractivity contribution in [2.75, 3.05) is 5.32 Å². The number of aromatic nitrogens is 4. The van der Waals surface area contributed by atoms with Crippen LogP contribution in [0.1, 0.15) is 80.6 Å². The molecule has 0 saturated heterocycles. The molecule has 0 saturated carbocycles. The van der Waals surface area contributed by atoms with Crippen LogP contribution in [0, 0.1) is 10.7 Å². The molecule has 5 heterocycles. The van der Waals surface area contributed by atoms with Crippen LogP contribution in [0.2, 0.25) is 0 Å². The monoisotopic (exact) mass is 649 g/mol. The Bertz CT molecular complexity index is 2410. The summed E-state index contributed by atoms with van der Waals surface area (Å²) in [4.78, 5) is 15.3. The van der Waals surface area contributed by atoms with E-state index in [4.69, 9.17) is 0 Å². The molecule has 252 valence electrons. The number of nitrogens with one attached hydrogen (secondary N) is 5. The van der Waals surface area contributed by atoms with Crippen molar-refractivity contribution in [3.8, 4) is 0 Å². The molecule has 1 aliphatic heterocycles. The molecule has 4 aromatic carbocycles. The van der Waals surface area contributed by atoms with E-state index in [2.05, 4.69) is 136 Å². The second-order valence-corrected chi connectivity index (χ2v) is 11.1. The molecular weight excluding hydrogens is 599 g/mol. The molecule has 0 spiro atoms. The minimum Gasteiger partial charge on any atom is -0.353 e. The van der Waals surface area contributed by atoms with Crippen molar-refractivity contribution >= 4 is 65.9 Å². The van der Waals surface area contributed by atoms with Gasteiger partial charge in [0.1, 0.15) is 11.6 Å². The third-order valence-corrected chi connectivity index (χ3v) is 8.86. The quantitative estimate of drug-likeness (QED) is 0.111. The van der Waals surface area contributed by atoms with Crippen molar-refractivity contribution in [2.45, 2.75) is 69.2 Å². The number of H-pyrrole nitrogens is 4. The summed E-state index contributed by atoms with van der Waals surface area (Å²) in [6.07, 6.45) is 0. The fourth-order valence-corrected chi connectivity index (χ4v) is 6.86. The highest BCUT2D eigenvalue weighted by molar-refractivity contribution is 6.06. The van der Waals surface area contributed by atoms with Gasteiger partial charge in [0, 0.05) is 43.1 Å². The first-order valence-corrected chi connectivity index (χ1v) is 18.1. The van der Waals surface area contributed by atoms with Crippen LogP contribution in [0.25, 0.3) is 54.2 Å². The van der Waals surface area contributed by atoms with E-state index < -0.39 is 0 Å². The van der Waals surface area contributed by atoms with Gasteiger partial charge >= 0.3 is 0 Å². The zero-order chi connectivity index (χ0) is 35.2. The first-order valence-electron chi connectivity index (χ1n) is 18.1. The molecule has 0 atom stereocenters. The van der Waals surface area contributed by atoms with Crippen molar-refractivity contribution in [2.24, 2.45) is 0 Å². The lowest BCUT2D eigenvalue weighted by molar-refractivity contribution is 1.18. The van der Waals surface area contributed by atoms with E-state index in [1.54, 1.807) is 0 Å². The van der Waals surface area contributed by atoms with Gasteiger partial charge in [-0.1, -0.05) is 152 Å². The first kappa shape index (κ1) is 34.9. The summed E-state index contributed by atoms with van der Waals surface area (Å²) < 4.78 is 0. The summed E-state index contributed by atoms with van der Waals surface area (Å²) >= 11 is 0. The molecule has 0 unspecified atom stereocenters. The van der Waals surface area contributed by atoms with Gasteiger partial charge in [0.2, 0.25) is 0 Å². The van der Waals surface area contributed by atoms with Gasteiger partial charge in [-0.15, -0.1) is 0 Å². The molecule has 5 nitrogen and oxygen atoms in total. The van der Waals surface area contributed by atoms with Gasteiger partial charge < -0.3 is 25.3 Å². The third kappa shape index (κ3) is 5.73. The zero-order valence-corrected chi connectivity index (χ0v) is 30.7. The average molecular weight is 650 g/mol. The normalized spacial score (nSPS) is 11.6. The summed E-state index contributed by atoms with van der Waals surface area (Å²) in [6.45, 7) is 20.4. The number of hydrogen-bond donors (Lipinski definition) is 5. The van der Waals surface area contributed by atoms with Gasteiger partial charge in [0.15, 0.2) is 0 Å². The fourth-order valence-electron chi connectivity index (χ4n) is 6.86. The first-order chi connectivity index (χ1) is 24.2. The minimum atomic E-state index is 0.976. The van der Waals surface area contributed by atoms with Crippen molar-refractivity contribution < 1.29 is 0 Å². The largest absolute Gasteiger partial charge is 0.353 e. The molecule has 0 aliphatic carbocycles. The minimum absolute atomic E-state index is 0.976. The Balaban J connectivity index is 0.000000549. The van der Waals surface area contributed by atoms with E-state index in [1.165, 1.54) is 43.5 Å². The Hall–Kier alpha value is -5.42. The van der Waals surface area contributed by atoms with Gasteiger partial charge in [0.25, 0.3) is 0 Å². The maximum Gasteiger partial charge on any atom is 0.117 e. The molecule has 8 bridgehead atoms. The standard InChI is InChI=1S/C36H27N5.4C2H6/c1-19-29-21-11-3-5-13-23(21)33(37-29)34-24-14-6-4-12-22(24)30(38-34)20(2)32-26-16-8-10-18-28(26)36(40-32)41-35-27-17-9-7-15-25(27)31(19)39-35;4*1-2/h3-18,37-41H,1-2H3;4*1-2H3. The maximum absolute atomic E-state index is 3.88. The van der Waals surface area contributed by atoms with E-state index in [0.29, 0.717) is 0 Å². The van der Waals surface area contributed by atoms with Crippen molar-refractivity contribution in [3.63, 3.8) is 0 Å². The van der Waals surface area contributed by atoms with Crippen LogP contribution in [0.15, 0.2) is 97.1 Å². The Morgan fingerprint density at radius 2 is 0.571 bits per heavy atom. The van der Waals surface area contributed by atoms with E-state index >= 15 is 0 Å². The maximum atomic E-state index is 3.88. The summed E-state index contributed by atoms with van der Waals surface area (Å²) in [5.74, 6) is 1.95. The Labute approximate surface area is 289 Å². The number of fused-ring (bicyclic) bond motifs is 20. The second kappa shape index (κ2) is 15.2. The van der Waals surface area contributed by atoms with Gasteiger partial charge in [-0.3, -0.25) is 0 Å². The molecule has 0 fully saturated rings. The van der Waals surface area contributed by atoms with Crippen LogP contribution in [0.3, 0.4) is 0 Å². The summed E-state index contributed by atoms with van der Waals surface area (Å²) in [5.41, 5.74) is 4.55. The van der Waals surface area contributed by atoms with E-state index in [9.17, 15) is 0 Å². The Morgan fingerprint density at radius 3 is 0.898 bits per heavy atom. The van der Waals surface area contributed by atoms with E-state index in [1.807, 2.05) is 55.4 Å². The molecule has 0 radical (unpaired) electrons. The lowest BCUT2D eigenvalue weighted by Crippen LogP contribution is -2.08. The summed E-state index contributed by atoms with van der Waals surface area (Å²) in [7, 11) is 0. The van der Waals surface area contributed by atoms with Gasteiger partial charge in [-0.25, -0.2) is 0 Å². The van der Waals surface area contributed by atoms with Crippen LogP contribution in [0.5, 0.6) is 0 Å². The predicted molar refractivity (Wildman–Crippen MR) is 215 cm³/mol. The van der Waals surface area contributed by atoms with Crippen molar-refractivity contribution in [1.29, 1.82) is 0 Å². The van der Waals surface area contributed by atoms with Crippen LogP contribution >= 0.6 is 0 Å². The molecule has 49 heavy (non-hydrogen) atoms. The molecule has 9 rings (SSSR count). The SMILES string of the molecule is CC.CC.CC.CC.CC1=c2[nH]c(c3ccccc23)=c2[nH]c(c3ccccc23)=C(C)c2[nH]c(c3ccccc23)Nc2[nH]c1c1ccccc21. The average Bonchev–Trinajstić information content (AvgIpc) is 3.95. The number of rotatable bonds is 0. The molecule has 5 N–H and O–H groups in total. The lowest BCUT2D eigenvalue weighted by atomic mass is 10.1. The van der Waals surface area contributed by atoms with E-state index in [0.717, 1.165) is 55.2 Å². The summed E-state index contributed by atoms with van der Waals surface area (Å²) in [6, 6.07) is 34.6. The highest BCUT2D eigenvalue weighted by Crippen LogP contribution is 2.36. The lowest BCUT2D eigenvalue weighted by Gasteiger charge is -2.04. The zero-order valence-electron chi connectivity index (χ0n) is 30.7. The molecular formula is C44H51N5. The number of aromatic amines is 4. The van der Waals surface area contributed by atoms with Crippen molar-refractivity contribution in [1.82, 2.24) is 19.9 Å². The Morgan fingerprint density at radius 1 is 0.306 bits per heavy atom. The highest BCUT2D eigenvalue weighted by atomic mass is 15.1. The topological polar surface area (TPSA) is 75.2 Å². The summed E-state index contributed by atoms with van der Waals surface area (Å²) in [5, 5.41) is 17.7. The number of benzene rings is 4. The van der Waals surface area contributed by atoms with Gasteiger partial charge in [-0.2, -0.15) is 0 Å². The fraction of sp³-hybridized carbons (Fsp3) is 0.227. The van der Waals surface area contributed by atoms with Crippen molar-refractivity contribution in [3.05, 3.63) is 130 Å². The third-order valence-electron chi connectivity index (χ3n) is 8.86. The molecule has 1 aliphatic rings. The van der Waals surface area contributed by atoms with Crippen LogP contribution in [-0.4, -0.2) is 19.9 Å². The smallest absolute Gasteiger partial charge is 0.117 e. The van der Waals surface area contributed by atoms with Gasteiger partial charge in [0.05, 0.1) is 32.8 Å². The second-order valence-electron chi connectivity index (χ2n) is 11.1. The number of hydrogen-bond acceptors (Lipinski definition) is 1. The predicted octanol–water partition coefficient (Wildman–Crippen LogP) is 11.5. The number of anilines is 2. The Kier molecular flexibility index (Phi) is 10.8. The van der Waals surface area contributed by atoms with Crippen LogP contribution < -0.4 is 16.0 Å². The van der Waals surface area contributed by atoms with Crippen LogP contribution in [-0.2, 0) is 0 Å².